The molecule has 1 aromatic heterocycles. The molecule has 1 heterocycles. The summed E-state index contributed by atoms with van der Waals surface area (Å²) in [7, 11) is 1.75. The van der Waals surface area contributed by atoms with Gasteiger partial charge >= 0.3 is 0 Å². The van der Waals surface area contributed by atoms with Gasteiger partial charge < -0.3 is 10.1 Å². The second-order valence-corrected chi connectivity index (χ2v) is 6.10. The third-order valence-corrected chi connectivity index (χ3v) is 4.91. The highest BCUT2D eigenvalue weighted by molar-refractivity contribution is 9.10. The molecule has 0 aromatic carbocycles. The number of rotatable bonds is 7. The molecule has 1 N–H and O–H groups in total. The number of hydrogen-bond donors (Lipinski definition) is 1. The fourth-order valence-electron chi connectivity index (χ4n) is 2.53. The Bertz CT molecular complexity index is 462. The standard InChI is InChI=1S/C15H24BrN3O/c1-5-15(6-2,20-4)14-18-12(10-8-9-10)11(16)13(19-14)17-7-3/h10H,5-9H2,1-4H3,(H,17,18,19). The molecule has 0 amide bonds. The highest BCUT2D eigenvalue weighted by Crippen LogP contribution is 2.45. The van der Waals surface area contributed by atoms with Crippen molar-refractivity contribution in [3.63, 3.8) is 0 Å². The van der Waals surface area contributed by atoms with E-state index < -0.39 is 0 Å². The number of halogens is 1. The van der Waals surface area contributed by atoms with Crippen LogP contribution in [0, 0.1) is 0 Å². The molecule has 0 bridgehead atoms. The van der Waals surface area contributed by atoms with Gasteiger partial charge in [0.2, 0.25) is 0 Å². The van der Waals surface area contributed by atoms with Gasteiger partial charge in [0.15, 0.2) is 5.82 Å². The van der Waals surface area contributed by atoms with Crippen LogP contribution in [0.2, 0.25) is 0 Å². The van der Waals surface area contributed by atoms with Crippen LogP contribution in [-0.2, 0) is 10.3 Å². The minimum atomic E-state index is -0.380. The Morgan fingerprint density at radius 3 is 2.35 bits per heavy atom. The molecule has 0 spiro atoms. The number of nitrogens with one attached hydrogen (secondary N) is 1. The minimum Gasteiger partial charge on any atom is -0.370 e. The molecular weight excluding hydrogens is 318 g/mol. The van der Waals surface area contributed by atoms with E-state index in [4.69, 9.17) is 14.7 Å². The number of ether oxygens (including phenoxy) is 1. The molecule has 0 atom stereocenters. The van der Waals surface area contributed by atoms with Gasteiger partial charge in [-0.05, 0) is 48.5 Å². The minimum absolute atomic E-state index is 0.380. The highest BCUT2D eigenvalue weighted by atomic mass is 79.9. The van der Waals surface area contributed by atoms with Crippen LogP contribution in [0.3, 0.4) is 0 Å². The molecule has 112 valence electrons. The summed E-state index contributed by atoms with van der Waals surface area (Å²) in [5.74, 6) is 2.28. The van der Waals surface area contributed by atoms with E-state index in [-0.39, 0.29) is 5.60 Å². The molecular formula is C15H24BrN3O. The third-order valence-electron chi connectivity index (χ3n) is 4.13. The van der Waals surface area contributed by atoms with Crippen molar-refractivity contribution in [3.8, 4) is 0 Å². The number of aromatic nitrogens is 2. The first-order valence-electron chi connectivity index (χ1n) is 7.48. The van der Waals surface area contributed by atoms with Crippen molar-refractivity contribution in [3.05, 3.63) is 16.0 Å². The normalized spacial score (nSPS) is 15.4. The first-order valence-corrected chi connectivity index (χ1v) is 8.28. The Labute approximate surface area is 129 Å². The molecule has 1 fully saturated rings. The van der Waals surface area contributed by atoms with Crippen molar-refractivity contribution < 1.29 is 4.74 Å². The van der Waals surface area contributed by atoms with Gasteiger partial charge in [-0.2, -0.15) is 0 Å². The first kappa shape index (κ1) is 15.7. The molecule has 20 heavy (non-hydrogen) atoms. The lowest BCUT2D eigenvalue weighted by Gasteiger charge is -2.29. The van der Waals surface area contributed by atoms with Crippen molar-refractivity contribution in [1.82, 2.24) is 9.97 Å². The summed E-state index contributed by atoms with van der Waals surface area (Å²) in [6.45, 7) is 7.18. The second kappa shape index (κ2) is 6.39. The average molecular weight is 342 g/mol. The molecule has 2 rings (SSSR count). The van der Waals surface area contributed by atoms with E-state index in [1.165, 1.54) is 12.8 Å². The summed E-state index contributed by atoms with van der Waals surface area (Å²) < 4.78 is 6.80. The zero-order chi connectivity index (χ0) is 14.8. The lowest BCUT2D eigenvalue weighted by molar-refractivity contribution is -0.0292. The lowest BCUT2D eigenvalue weighted by Crippen LogP contribution is -2.30. The zero-order valence-corrected chi connectivity index (χ0v) is 14.4. The molecule has 1 saturated carbocycles. The van der Waals surface area contributed by atoms with E-state index in [0.717, 1.165) is 41.2 Å². The molecule has 1 aromatic rings. The molecule has 0 radical (unpaired) electrons. The Hall–Kier alpha value is -0.680. The predicted octanol–water partition coefficient (Wildman–Crippen LogP) is 4.21. The van der Waals surface area contributed by atoms with Crippen LogP contribution in [0.4, 0.5) is 5.82 Å². The van der Waals surface area contributed by atoms with Crippen molar-refractivity contribution in [1.29, 1.82) is 0 Å². The zero-order valence-electron chi connectivity index (χ0n) is 12.8. The van der Waals surface area contributed by atoms with Crippen LogP contribution in [0.15, 0.2) is 4.47 Å². The Morgan fingerprint density at radius 1 is 1.25 bits per heavy atom. The van der Waals surface area contributed by atoms with E-state index in [2.05, 4.69) is 42.0 Å². The number of methoxy groups -OCH3 is 1. The molecule has 4 nitrogen and oxygen atoms in total. The van der Waals surface area contributed by atoms with Crippen LogP contribution in [0.25, 0.3) is 0 Å². The quantitative estimate of drug-likeness (QED) is 0.806. The number of anilines is 1. The topological polar surface area (TPSA) is 47.0 Å². The Kier molecular flexibility index (Phi) is 5.02. The van der Waals surface area contributed by atoms with Crippen LogP contribution in [0.5, 0.6) is 0 Å². The van der Waals surface area contributed by atoms with Crippen LogP contribution >= 0.6 is 15.9 Å². The maximum Gasteiger partial charge on any atom is 0.162 e. The second-order valence-electron chi connectivity index (χ2n) is 5.31. The summed E-state index contributed by atoms with van der Waals surface area (Å²) in [6.07, 6.45) is 4.19. The van der Waals surface area contributed by atoms with E-state index >= 15 is 0 Å². The van der Waals surface area contributed by atoms with Gasteiger partial charge in [0.1, 0.15) is 11.4 Å². The fourth-order valence-corrected chi connectivity index (χ4v) is 3.17. The molecule has 0 saturated heterocycles. The largest absolute Gasteiger partial charge is 0.370 e. The number of nitrogens with zero attached hydrogens (tertiary/aromatic N) is 2. The van der Waals surface area contributed by atoms with Gasteiger partial charge in [0.25, 0.3) is 0 Å². The highest BCUT2D eigenvalue weighted by Gasteiger charge is 2.36. The summed E-state index contributed by atoms with van der Waals surface area (Å²) >= 11 is 3.66. The molecule has 0 aliphatic heterocycles. The monoisotopic (exact) mass is 341 g/mol. The summed E-state index contributed by atoms with van der Waals surface area (Å²) in [5.41, 5.74) is 0.753. The Morgan fingerprint density at radius 2 is 1.90 bits per heavy atom. The lowest BCUT2D eigenvalue weighted by atomic mass is 9.95. The summed E-state index contributed by atoms with van der Waals surface area (Å²) in [5, 5.41) is 3.33. The van der Waals surface area contributed by atoms with Gasteiger partial charge in [-0.25, -0.2) is 9.97 Å². The molecule has 0 unspecified atom stereocenters. The van der Waals surface area contributed by atoms with Gasteiger partial charge in [0, 0.05) is 19.6 Å². The van der Waals surface area contributed by atoms with Crippen molar-refractivity contribution in [2.75, 3.05) is 19.0 Å². The maximum atomic E-state index is 5.78. The predicted molar refractivity (Wildman–Crippen MR) is 85.1 cm³/mol. The summed E-state index contributed by atoms with van der Waals surface area (Å²) in [4.78, 5) is 9.56. The third kappa shape index (κ3) is 2.84. The van der Waals surface area contributed by atoms with Crippen LogP contribution in [-0.4, -0.2) is 23.6 Å². The van der Waals surface area contributed by atoms with Crippen molar-refractivity contribution >= 4 is 21.7 Å². The molecule has 1 aliphatic carbocycles. The molecule has 5 heteroatoms. The Balaban J connectivity index is 2.52. The van der Waals surface area contributed by atoms with Crippen LogP contribution in [0.1, 0.15) is 63.9 Å². The van der Waals surface area contributed by atoms with Gasteiger partial charge in [-0.15, -0.1) is 0 Å². The van der Waals surface area contributed by atoms with E-state index in [1.807, 2.05) is 0 Å². The van der Waals surface area contributed by atoms with Crippen molar-refractivity contribution in [2.24, 2.45) is 0 Å². The van der Waals surface area contributed by atoms with Crippen molar-refractivity contribution in [2.45, 2.75) is 58.0 Å². The van der Waals surface area contributed by atoms with E-state index in [0.29, 0.717) is 5.92 Å². The fraction of sp³-hybridized carbons (Fsp3) is 0.733. The summed E-state index contributed by atoms with van der Waals surface area (Å²) in [6, 6.07) is 0. The maximum absolute atomic E-state index is 5.78. The van der Waals surface area contributed by atoms with E-state index in [9.17, 15) is 0 Å². The van der Waals surface area contributed by atoms with Gasteiger partial charge in [-0.1, -0.05) is 13.8 Å². The SMILES string of the molecule is CCNc1nc(C(CC)(CC)OC)nc(C2CC2)c1Br. The first-order chi connectivity index (χ1) is 9.61. The van der Waals surface area contributed by atoms with Crippen LogP contribution < -0.4 is 5.32 Å². The number of hydrogen-bond acceptors (Lipinski definition) is 4. The van der Waals surface area contributed by atoms with Gasteiger partial charge in [0.05, 0.1) is 10.2 Å². The smallest absolute Gasteiger partial charge is 0.162 e. The van der Waals surface area contributed by atoms with Gasteiger partial charge in [-0.3, -0.25) is 0 Å². The average Bonchev–Trinajstić information content (AvgIpc) is 3.29. The van der Waals surface area contributed by atoms with E-state index in [1.54, 1.807) is 7.11 Å². The molecule has 1 aliphatic rings.